The molecule has 1 aliphatic carbocycles. The molecular weight excluding hydrogens is 256 g/mol. The standard InChI is InChI=1S/C15H26N2O3/c1-16-15(7-3-2-4-8-15)11-13(18)17-9-5-6-12(17)10-14(19)20/h12,16H,2-11H2,1H3,(H,19,20). The summed E-state index contributed by atoms with van der Waals surface area (Å²) in [7, 11) is 1.94. The minimum atomic E-state index is -0.810. The first-order chi connectivity index (χ1) is 9.56. The molecule has 0 radical (unpaired) electrons. The van der Waals surface area contributed by atoms with E-state index in [0.717, 1.165) is 32.2 Å². The largest absolute Gasteiger partial charge is 0.481 e. The van der Waals surface area contributed by atoms with Gasteiger partial charge < -0.3 is 15.3 Å². The molecule has 1 aliphatic heterocycles. The average Bonchev–Trinajstić information content (AvgIpc) is 2.87. The van der Waals surface area contributed by atoms with E-state index < -0.39 is 5.97 Å². The molecule has 1 atom stereocenters. The van der Waals surface area contributed by atoms with Crippen LogP contribution >= 0.6 is 0 Å². The number of hydrogen-bond acceptors (Lipinski definition) is 3. The van der Waals surface area contributed by atoms with Gasteiger partial charge in [-0.3, -0.25) is 9.59 Å². The monoisotopic (exact) mass is 282 g/mol. The molecule has 0 spiro atoms. The number of rotatable bonds is 5. The van der Waals surface area contributed by atoms with Crippen LogP contribution < -0.4 is 5.32 Å². The van der Waals surface area contributed by atoms with Crippen LogP contribution in [0.2, 0.25) is 0 Å². The molecule has 1 heterocycles. The van der Waals surface area contributed by atoms with E-state index in [1.165, 1.54) is 19.3 Å². The van der Waals surface area contributed by atoms with Gasteiger partial charge in [-0.2, -0.15) is 0 Å². The number of amides is 1. The van der Waals surface area contributed by atoms with Gasteiger partial charge in [-0.05, 0) is 32.7 Å². The molecule has 5 nitrogen and oxygen atoms in total. The first-order valence-corrected chi connectivity index (χ1v) is 7.76. The summed E-state index contributed by atoms with van der Waals surface area (Å²) in [6.45, 7) is 0.719. The van der Waals surface area contributed by atoms with Crippen molar-refractivity contribution in [2.24, 2.45) is 0 Å². The van der Waals surface area contributed by atoms with E-state index in [1.807, 2.05) is 11.9 Å². The maximum atomic E-state index is 12.6. The molecule has 2 aliphatic rings. The van der Waals surface area contributed by atoms with Gasteiger partial charge in [0.25, 0.3) is 0 Å². The minimum Gasteiger partial charge on any atom is -0.481 e. The maximum absolute atomic E-state index is 12.6. The first kappa shape index (κ1) is 15.3. The van der Waals surface area contributed by atoms with E-state index in [1.54, 1.807) is 0 Å². The molecule has 0 aromatic carbocycles. The van der Waals surface area contributed by atoms with Gasteiger partial charge in [0.2, 0.25) is 5.91 Å². The van der Waals surface area contributed by atoms with Crippen LogP contribution in [-0.4, -0.2) is 47.1 Å². The lowest BCUT2D eigenvalue weighted by Gasteiger charge is -2.38. The number of carboxylic acid groups (broad SMARTS) is 1. The highest BCUT2D eigenvalue weighted by molar-refractivity contribution is 5.79. The van der Waals surface area contributed by atoms with Crippen LogP contribution in [0.15, 0.2) is 0 Å². The Labute approximate surface area is 120 Å². The summed E-state index contributed by atoms with van der Waals surface area (Å²) in [5.74, 6) is -0.680. The topological polar surface area (TPSA) is 69.6 Å². The fourth-order valence-electron chi connectivity index (χ4n) is 3.71. The van der Waals surface area contributed by atoms with Crippen molar-refractivity contribution < 1.29 is 14.7 Å². The zero-order valence-corrected chi connectivity index (χ0v) is 12.4. The highest BCUT2D eigenvalue weighted by Gasteiger charge is 2.37. The quantitative estimate of drug-likeness (QED) is 0.806. The van der Waals surface area contributed by atoms with Crippen LogP contribution in [0.25, 0.3) is 0 Å². The Hall–Kier alpha value is -1.10. The second-order valence-corrected chi connectivity index (χ2v) is 6.25. The lowest BCUT2D eigenvalue weighted by Crippen LogP contribution is -2.49. The summed E-state index contributed by atoms with van der Waals surface area (Å²) in [5.41, 5.74) is -0.0638. The lowest BCUT2D eigenvalue weighted by molar-refractivity contribution is -0.140. The van der Waals surface area contributed by atoms with Gasteiger partial charge >= 0.3 is 5.97 Å². The Balaban J connectivity index is 1.97. The molecule has 1 unspecified atom stereocenters. The van der Waals surface area contributed by atoms with Crippen molar-refractivity contribution in [3.05, 3.63) is 0 Å². The number of carboxylic acids is 1. The maximum Gasteiger partial charge on any atom is 0.305 e. The Morgan fingerprint density at radius 3 is 2.55 bits per heavy atom. The van der Waals surface area contributed by atoms with E-state index in [9.17, 15) is 9.59 Å². The normalized spacial score (nSPS) is 25.6. The Bertz CT molecular complexity index is 364. The van der Waals surface area contributed by atoms with Gasteiger partial charge in [0.1, 0.15) is 0 Å². The molecule has 1 saturated heterocycles. The number of nitrogens with zero attached hydrogens (tertiary/aromatic N) is 1. The first-order valence-electron chi connectivity index (χ1n) is 7.76. The molecule has 5 heteroatoms. The predicted octanol–water partition coefficient (Wildman–Crippen LogP) is 1.76. The number of hydrogen-bond donors (Lipinski definition) is 2. The fraction of sp³-hybridized carbons (Fsp3) is 0.867. The van der Waals surface area contributed by atoms with Crippen LogP contribution in [0.3, 0.4) is 0 Å². The van der Waals surface area contributed by atoms with Crippen molar-refractivity contribution in [2.75, 3.05) is 13.6 Å². The van der Waals surface area contributed by atoms with Crippen molar-refractivity contribution in [1.82, 2.24) is 10.2 Å². The minimum absolute atomic E-state index is 0.0638. The molecule has 20 heavy (non-hydrogen) atoms. The molecule has 1 saturated carbocycles. The summed E-state index contributed by atoms with van der Waals surface area (Å²) in [6, 6.07) is -0.0995. The number of carbonyl (C=O) groups is 2. The summed E-state index contributed by atoms with van der Waals surface area (Å²) < 4.78 is 0. The van der Waals surface area contributed by atoms with E-state index in [2.05, 4.69) is 5.32 Å². The number of likely N-dealkylation sites (tertiary alicyclic amines) is 1. The van der Waals surface area contributed by atoms with Gasteiger partial charge in [-0.15, -0.1) is 0 Å². The van der Waals surface area contributed by atoms with Crippen molar-refractivity contribution in [3.63, 3.8) is 0 Å². The average molecular weight is 282 g/mol. The Morgan fingerprint density at radius 1 is 1.25 bits per heavy atom. The van der Waals surface area contributed by atoms with Crippen molar-refractivity contribution in [3.8, 4) is 0 Å². The summed E-state index contributed by atoms with van der Waals surface area (Å²) >= 11 is 0. The number of aliphatic carboxylic acids is 1. The molecule has 2 N–H and O–H groups in total. The van der Waals surface area contributed by atoms with Gasteiger partial charge in [-0.1, -0.05) is 19.3 Å². The third kappa shape index (κ3) is 3.51. The van der Waals surface area contributed by atoms with E-state index >= 15 is 0 Å². The molecule has 0 aromatic heterocycles. The lowest BCUT2D eigenvalue weighted by atomic mass is 9.79. The summed E-state index contributed by atoms with van der Waals surface area (Å²) in [6.07, 6.45) is 8.04. The molecular formula is C15H26N2O3. The highest BCUT2D eigenvalue weighted by atomic mass is 16.4. The Kier molecular flexibility index (Phi) is 5.02. The van der Waals surface area contributed by atoms with Gasteiger partial charge in [-0.25, -0.2) is 0 Å². The van der Waals surface area contributed by atoms with Gasteiger partial charge in [0.15, 0.2) is 0 Å². The summed E-state index contributed by atoms with van der Waals surface area (Å²) in [4.78, 5) is 25.3. The molecule has 0 aromatic rings. The van der Waals surface area contributed by atoms with Crippen LogP contribution in [0.1, 0.15) is 57.8 Å². The Morgan fingerprint density at radius 2 is 1.95 bits per heavy atom. The number of nitrogens with one attached hydrogen (secondary N) is 1. The molecule has 0 bridgehead atoms. The zero-order valence-electron chi connectivity index (χ0n) is 12.4. The highest BCUT2D eigenvalue weighted by Crippen LogP contribution is 2.32. The molecule has 2 rings (SSSR count). The molecule has 2 fully saturated rings. The van der Waals surface area contributed by atoms with Gasteiger partial charge in [0, 0.05) is 24.5 Å². The van der Waals surface area contributed by atoms with Crippen LogP contribution in [0.5, 0.6) is 0 Å². The molecule has 114 valence electrons. The summed E-state index contributed by atoms with van der Waals surface area (Å²) in [5, 5.41) is 12.3. The van der Waals surface area contributed by atoms with Crippen LogP contribution in [0.4, 0.5) is 0 Å². The van der Waals surface area contributed by atoms with E-state index in [4.69, 9.17) is 5.11 Å². The van der Waals surface area contributed by atoms with Crippen molar-refractivity contribution >= 4 is 11.9 Å². The van der Waals surface area contributed by atoms with E-state index in [-0.39, 0.29) is 23.9 Å². The predicted molar refractivity (Wildman–Crippen MR) is 76.5 cm³/mol. The van der Waals surface area contributed by atoms with Gasteiger partial charge in [0.05, 0.1) is 6.42 Å². The van der Waals surface area contributed by atoms with Crippen molar-refractivity contribution in [1.29, 1.82) is 0 Å². The van der Waals surface area contributed by atoms with Crippen LogP contribution in [-0.2, 0) is 9.59 Å². The van der Waals surface area contributed by atoms with Crippen LogP contribution in [0, 0.1) is 0 Å². The van der Waals surface area contributed by atoms with Crippen molar-refractivity contribution in [2.45, 2.75) is 69.4 Å². The third-order valence-electron chi connectivity index (χ3n) is 4.94. The molecule has 1 amide bonds. The second kappa shape index (κ2) is 6.57. The SMILES string of the molecule is CNC1(CC(=O)N2CCCC2CC(=O)O)CCCCC1. The zero-order chi connectivity index (χ0) is 14.6. The number of carbonyl (C=O) groups excluding carboxylic acids is 1. The fourth-order valence-corrected chi connectivity index (χ4v) is 3.71. The second-order valence-electron chi connectivity index (χ2n) is 6.25. The van der Waals surface area contributed by atoms with E-state index in [0.29, 0.717) is 6.42 Å². The third-order valence-corrected chi connectivity index (χ3v) is 4.94. The smallest absolute Gasteiger partial charge is 0.305 e.